The summed E-state index contributed by atoms with van der Waals surface area (Å²) < 4.78 is 12.7. The lowest BCUT2D eigenvalue weighted by Crippen LogP contribution is -1.99. The van der Waals surface area contributed by atoms with Crippen LogP contribution in [-0.4, -0.2) is 16.5 Å². The molecular formula is C15H13ClFNOS. The van der Waals surface area contributed by atoms with Gasteiger partial charge in [0.2, 0.25) is 0 Å². The van der Waals surface area contributed by atoms with E-state index < -0.39 is 0 Å². The Kier molecular flexibility index (Phi) is 5.56. The van der Waals surface area contributed by atoms with Crippen LogP contribution >= 0.6 is 23.4 Å². The Balaban J connectivity index is 1.77. The molecule has 0 aliphatic carbocycles. The number of aromatic nitrogens is 1. The maximum atomic E-state index is 12.7. The summed E-state index contributed by atoms with van der Waals surface area (Å²) in [6, 6.07) is 9.21. The Morgan fingerprint density at radius 1 is 1.25 bits per heavy atom. The van der Waals surface area contributed by atoms with Crippen molar-refractivity contribution in [3.63, 3.8) is 0 Å². The summed E-state index contributed by atoms with van der Waals surface area (Å²) in [4.78, 5) is 16.0. The number of benzene rings is 1. The third-order valence-corrected chi connectivity index (χ3v) is 4.19. The van der Waals surface area contributed by atoms with Gasteiger partial charge in [-0.1, -0.05) is 11.6 Å². The summed E-state index contributed by atoms with van der Waals surface area (Å²) >= 11 is 7.52. The van der Waals surface area contributed by atoms with Gasteiger partial charge < -0.3 is 0 Å². The Labute approximate surface area is 126 Å². The summed E-state index contributed by atoms with van der Waals surface area (Å²) in [7, 11) is 0. The molecule has 0 bridgehead atoms. The number of hydrogen-bond donors (Lipinski definition) is 0. The van der Waals surface area contributed by atoms with Crippen LogP contribution < -0.4 is 0 Å². The number of carbonyl (C=O) groups excluding carboxylic acids is 1. The zero-order valence-corrected chi connectivity index (χ0v) is 12.3. The number of ketones is 1. The van der Waals surface area contributed by atoms with E-state index in [2.05, 4.69) is 4.98 Å². The normalized spacial score (nSPS) is 10.5. The maximum Gasteiger partial charge on any atom is 0.162 e. The van der Waals surface area contributed by atoms with Crippen LogP contribution in [0, 0.1) is 5.82 Å². The smallest absolute Gasteiger partial charge is 0.162 e. The fourth-order valence-corrected chi connectivity index (χ4v) is 2.77. The van der Waals surface area contributed by atoms with E-state index in [1.807, 2.05) is 0 Å². The summed E-state index contributed by atoms with van der Waals surface area (Å²) in [6.07, 6.45) is 2.86. The fraction of sp³-hybridized carbons (Fsp3) is 0.200. The van der Waals surface area contributed by atoms with Gasteiger partial charge >= 0.3 is 0 Å². The van der Waals surface area contributed by atoms with E-state index in [0.29, 0.717) is 17.0 Å². The van der Waals surface area contributed by atoms with Crippen LogP contribution in [0.4, 0.5) is 4.39 Å². The van der Waals surface area contributed by atoms with Crippen molar-refractivity contribution in [2.75, 3.05) is 5.75 Å². The molecule has 0 spiro atoms. The van der Waals surface area contributed by atoms with Crippen LogP contribution in [0.5, 0.6) is 0 Å². The highest BCUT2D eigenvalue weighted by Crippen LogP contribution is 2.25. The summed E-state index contributed by atoms with van der Waals surface area (Å²) in [5.41, 5.74) is 0.548. The minimum atomic E-state index is -0.332. The maximum absolute atomic E-state index is 12.7. The van der Waals surface area contributed by atoms with Gasteiger partial charge in [-0.15, -0.1) is 11.8 Å². The van der Waals surface area contributed by atoms with E-state index in [9.17, 15) is 9.18 Å². The molecule has 2 aromatic rings. The van der Waals surface area contributed by atoms with Gasteiger partial charge in [-0.3, -0.25) is 4.79 Å². The standard InChI is InChI=1S/C15H13ClFNOS/c16-13-3-1-9-18-15(13)20-10-2-4-14(19)11-5-7-12(17)8-6-11/h1,3,5-9H,2,4,10H2. The first kappa shape index (κ1) is 15.0. The minimum absolute atomic E-state index is 0.0257. The second-order valence-electron chi connectivity index (χ2n) is 4.17. The second-order valence-corrected chi connectivity index (χ2v) is 5.66. The van der Waals surface area contributed by atoms with E-state index in [-0.39, 0.29) is 11.6 Å². The van der Waals surface area contributed by atoms with Crippen molar-refractivity contribution >= 4 is 29.1 Å². The van der Waals surface area contributed by atoms with Crippen molar-refractivity contribution in [1.82, 2.24) is 4.98 Å². The van der Waals surface area contributed by atoms with Crippen molar-refractivity contribution < 1.29 is 9.18 Å². The highest BCUT2D eigenvalue weighted by Gasteiger charge is 2.07. The molecule has 2 rings (SSSR count). The molecule has 20 heavy (non-hydrogen) atoms. The predicted octanol–water partition coefficient (Wildman–Crippen LogP) is 4.63. The third-order valence-electron chi connectivity index (χ3n) is 2.68. The summed E-state index contributed by atoms with van der Waals surface area (Å²) in [6.45, 7) is 0. The summed E-state index contributed by atoms with van der Waals surface area (Å²) in [5.74, 6) is 0.462. The van der Waals surface area contributed by atoms with E-state index in [1.54, 1.807) is 18.3 Å². The second kappa shape index (κ2) is 7.41. The van der Waals surface area contributed by atoms with Crippen LogP contribution in [-0.2, 0) is 0 Å². The molecule has 0 saturated carbocycles. The van der Waals surface area contributed by atoms with Gasteiger partial charge in [-0.2, -0.15) is 0 Å². The largest absolute Gasteiger partial charge is 0.294 e. The molecule has 0 radical (unpaired) electrons. The molecule has 2 nitrogen and oxygen atoms in total. The highest BCUT2D eigenvalue weighted by atomic mass is 35.5. The molecule has 5 heteroatoms. The molecule has 0 fully saturated rings. The lowest BCUT2D eigenvalue weighted by Gasteiger charge is -2.03. The number of hydrogen-bond acceptors (Lipinski definition) is 3. The molecule has 104 valence electrons. The zero-order valence-electron chi connectivity index (χ0n) is 10.7. The van der Waals surface area contributed by atoms with Crippen molar-refractivity contribution in [2.24, 2.45) is 0 Å². The lowest BCUT2D eigenvalue weighted by molar-refractivity contribution is 0.0982. The average molecular weight is 310 g/mol. The average Bonchev–Trinajstić information content (AvgIpc) is 2.46. The van der Waals surface area contributed by atoms with Crippen molar-refractivity contribution in [2.45, 2.75) is 17.9 Å². The van der Waals surface area contributed by atoms with E-state index in [4.69, 9.17) is 11.6 Å². The van der Waals surface area contributed by atoms with Crippen LogP contribution in [0.1, 0.15) is 23.2 Å². The van der Waals surface area contributed by atoms with Gasteiger partial charge in [0, 0.05) is 18.2 Å². The number of carbonyl (C=O) groups is 1. The number of thioether (sulfide) groups is 1. The SMILES string of the molecule is O=C(CCCSc1ncccc1Cl)c1ccc(F)cc1. The molecule has 0 N–H and O–H groups in total. The van der Waals surface area contributed by atoms with Crippen LogP contribution in [0.2, 0.25) is 5.02 Å². The zero-order chi connectivity index (χ0) is 14.4. The number of rotatable bonds is 6. The molecule has 0 amide bonds. The molecule has 0 aliphatic rings. The van der Waals surface area contributed by atoms with Gasteiger partial charge in [0.1, 0.15) is 10.8 Å². The van der Waals surface area contributed by atoms with E-state index in [1.165, 1.54) is 36.0 Å². The van der Waals surface area contributed by atoms with Crippen molar-refractivity contribution in [1.29, 1.82) is 0 Å². The molecular weight excluding hydrogens is 297 g/mol. The Bertz CT molecular complexity index is 589. The van der Waals surface area contributed by atoms with Crippen LogP contribution in [0.15, 0.2) is 47.6 Å². The van der Waals surface area contributed by atoms with Gasteiger partial charge in [0.15, 0.2) is 5.78 Å². The van der Waals surface area contributed by atoms with Gasteiger partial charge in [-0.05, 0) is 48.6 Å². The molecule has 0 unspecified atom stereocenters. The van der Waals surface area contributed by atoms with Crippen LogP contribution in [0.3, 0.4) is 0 Å². The van der Waals surface area contributed by atoms with Crippen LogP contribution in [0.25, 0.3) is 0 Å². The topological polar surface area (TPSA) is 30.0 Å². The van der Waals surface area contributed by atoms with E-state index >= 15 is 0 Å². The number of Topliss-reactive ketones (excluding diaryl/α,β-unsaturated/α-hetero) is 1. The first-order valence-corrected chi connectivity index (χ1v) is 7.55. The van der Waals surface area contributed by atoms with Gasteiger partial charge in [0.25, 0.3) is 0 Å². The molecule has 1 aromatic heterocycles. The number of pyridine rings is 1. The number of nitrogens with zero attached hydrogens (tertiary/aromatic N) is 1. The highest BCUT2D eigenvalue weighted by molar-refractivity contribution is 7.99. The Morgan fingerprint density at radius 2 is 2.00 bits per heavy atom. The molecule has 0 aliphatic heterocycles. The van der Waals surface area contributed by atoms with Crippen molar-refractivity contribution in [3.8, 4) is 0 Å². The molecule has 1 aromatic carbocycles. The minimum Gasteiger partial charge on any atom is -0.294 e. The monoisotopic (exact) mass is 309 g/mol. The van der Waals surface area contributed by atoms with Crippen molar-refractivity contribution in [3.05, 3.63) is 59.0 Å². The van der Waals surface area contributed by atoms with Gasteiger partial charge in [-0.25, -0.2) is 9.37 Å². The summed E-state index contributed by atoms with van der Waals surface area (Å²) in [5, 5.41) is 1.41. The first-order chi connectivity index (χ1) is 9.66. The quantitative estimate of drug-likeness (QED) is 0.443. The van der Waals surface area contributed by atoms with E-state index in [0.717, 1.165) is 17.2 Å². The molecule has 1 heterocycles. The molecule has 0 atom stereocenters. The Hall–Kier alpha value is -1.39. The Morgan fingerprint density at radius 3 is 2.70 bits per heavy atom. The predicted molar refractivity (Wildman–Crippen MR) is 79.9 cm³/mol. The fourth-order valence-electron chi connectivity index (χ4n) is 1.66. The lowest BCUT2D eigenvalue weighted by atomic mass is 10.1. The third kappa shape index (κ3) is 4.32. The first-order valence-electron chi connectivity index (χ1n) is 6.19. The van der Waals surface area contributed by atoms with Gasteiger partial charge in [0.05, 0.1) is 5.02 Å². The number of halogens is 2. The molecule has 0 saturated heterocycles.